The fourth-order valence-corrected chi connectivity index (χ4v) is 1.98. The molecule has 3 rings (SSSR count). The monoisotopic (exact) mass is 198 g/mol. The Kier molecular flexibility index (Phi) is 1.45. The van der Waals surface area contributed by atoms with E-state index in [2.05, 4.69) is 4.98 Å². The van der Waals surface area contributed by atoms with Gasteiger partial charge < -0.3 is 15.8 Å². The maximum atomic E-state index is 10.00. The summed E-state index contributed by atoms with van der Waals surface area (Å²) in [5.41, 5.74) is 8.13. The van der Waals surface area contributed by atoms with E-state index in [1.54, 1.807) is 6.07 Å². The molecule has 0 aromatic heterocycles. The highest BCUT2D eigenvalue weighted by atomic mass is 16.3. The molecule has 1 aliphatic carbocycles. The summed E-state index contributed by atoms with van der Waals surface area (Å²) in [4.78, 5) is 3.13. The van der Waals surface area contributed by atoms with Crippen molar-refractivity contribution < 1.29 is 5.11 Å². The highest BCUT2D eigenvalue weighted by Crippen LogP contribution is 2.42. The van der Waals surface area contributed by atoms with Gasteiger partial charge in [0.05, 0.1) is 5.69 Å². The molecule has 74 valence electrons. The summed E-state index contributed by atoms with van der Waals surface area (Å²) in [6.45, 7) is 0. The van der Waals surface area contributed by atoms with E-state index < -0.39 is 0 Å². The quantitative estimate of drug-likeness (QED) is 0.486. The predicted molar refractivity (Wildman–Crippen MR) is 61.0 cm³/mol. The first-order chi connectivity index (χ1) is 7.27. The summed E-state index contributed by atoms with van der Waals surface area (Å²) in [6, 6.07) is 9.30. The van der Waals surface area contributed by atoms with Gasteiger partial charge in [-0.25, -0.2) is 0 Å². The normalized spacial score (nSPS) is 11.2. The second kappa shape index (κ2) is 2.67. The smallest absolute Gasteiger partial charge is 0.132 e. The second-order valence-corrected chi connectivity index (χ2v) is 3.61. The van der Waals surface area contributed by atoms with E-state index in [9.17, 15) is 5.11 Å². The Labute approximate surface area is 86.5 Å². The lowest BCUT2D eigenvalue weighted by molar-refractivity contribution is 0.484. The number of aromatic amines is 1. The molecule has 1 aromatic carbocycles. The van der Waals surface area contributed by atoms with E-state index in [1.807, 2.05) is 30.5 Å². The van der Waals surface area contributed by atoms with Crippen molar-refractivity contribution in [3.63, 3.8) is 0 Å². The molecule has 0 fully saturated rings. The van der Waals surface area contributed by atoms with Crippen molar-refractivity contribution >= 4 is 16.5 Å². The highest BCUT2D eigenvalue weighted by molar-refractivity contribution is 6.07. The Bertz CT molecular complexity index is 612. The fourth-order valence-electron chi connectivity index (χ4n) is 1.98. The number of aromatic hydroxyl groups is 1. The average molecular weight is 198 g/mol. The number of fused-ring (bicyclic) bond motifs is 3. The van der Waals surface area contributed by atoms with Crippen LogP contribution in [0.2, 0.25) is 0 Å². The van der Waals surface area contributed by atoms with Crippen LogP contribution < -0.4 is 5.73 Å². The van der Waals surface area contributed by atoms with Crippen LogP contribution in [0.15, 0.2) is 36.5 Å². The van der Waals surface area contributed by atoms with Crippen LogP contribution in [0.25, 0.3) is 22.0 Å². The van der Waals surface area contributed by atoms with Crippen molar-refractivity contribution in [3.05, 3.63) is 36.5 Å². The topological polar surface area (TPSA) is 62.0 Å². The van der Waals surface area contributed by atoms with Gasteiger partial charge in [-0.3, -0.25) is 0 Å². The molecule has 0 saturated carbocycles. The summed E-state index contributed by atoms with van der Waals surface area (Å²) in [5, 5.41) is 11.8. The number of anilines is 1. The minimum Gasteiger partial charge on any atom is -0.507 e. The molecule has 1 aliphatic heterocycles. The molecule has 1 heterocycles. The van der Waals surface area contributed by atoms with E-state index in [0.717, 1.165) is 22.0 Å². The molecule has 0 saturated heterocycles. The summed E-state index contributed by atoms with van der Waals surface area (Å²) >= 11 is 0. The van der Waals surface area contributed by atoms with E-state index in [-0.39, 0.29) is 0 Å². The van der Waals surface area contributed by atoms with Crippen molar-refractivity contribution in [2.75, 3.05) is 5.73 Å². The Morgan fingerprint density at radius 3 is 2.87 bits per heavy atom. The number of nitrogens with one attached hydrogen (secondary N) is 1. The largest absolute Gasteiger partial charge is 0.507 e. The molecule has 3 nitrogen and oxygen atoms in total. The molecule has 0 unspecified atom stereocenters. The van der Waals surface area contributed by atoms with Gasteiger partial charge in [0.25, 0.3) is 0 Å². The van der Waals surface area contributed by atoms with Crippen LogP contribution in [0.5, 0.6) is 5.75 Å². The molecular formula is C12H10N2O. The number of nitrogens with two attached hydrogens (primary N) is 1. The van der Waals surface area contributed by atoms with Crippen LogP contribution in [0.1, 0.15) is 0 Å². The first kappa shape index (κ1) is 8.17. The number of rotatable bonds is 0. The van der Waals surface area contributed by atoms with Crippen LogP contribution in [0.4, 0.5) is 5.69 Å². The number of hydrogen-bond acceptors (Lipinski definition) is 2. The highest BCUT2D eigenvalue weighted by Gasteiger charge is 2.16. The van der Waals surface area contributed by atoms with Gasteiger partial charge in [0.2, 0.25) is 0 Å². The summed E-state index contributed by atoms with van der Waals surface area (Å²) in [5.74, 6) is 0.296. The van der Waals surface area contributed by atoms with Crippen LogP contribution >= 0.6 is 0 Å². The first-order valence-corrected chi connectivity index (χ1v) is 4.74. The molecule has 0 spiro atoms. The van der Waals surface area contributed by atoms with Gasteiger partial charge in [0, 0.05) is 28.2 Å². The molecule has 4 N–H and O–H groups in total. The number of nitrogen functional groups attached to an aromatic ring is 1. The molecule has 0 radical (unpaired) electrons. The Hall–Kier alpha value is -2.16. The van der Waals surface area contributed by atoms with Crippen molar-refractivity contribution in [3.8, 4) is 17.0 Å². The lowest BCUT2D eigenvalue weighted by Gasteiger charge is -1.98. The van der Waals surface area contributed by atoms with E-state index >= 15 is 0 Å². The lowest BCUT2D eigenvalue weighted by atomic mass is 10.2. The first-order valence-electron chi connectivity index (χ1n) is 4.74. The molecule has 0 bridgehead atoms. The lowest BCUT2D eigenvalue weighted by Crippen LogP contribution is -1.82. The summed E-state index contributed by atoms with van der Waals surface area (Å²) in [7, 11) is 0. The molecule has 3 heteroatoms. The second-order valence-electron chi connectivity index (χ2n) is 3.61. The molecule has 15 heavy (non-hydrogen) atoms. The third kappa shape index (κ3) is 1.00. The minimum atomic E-state index is 0.296. The Balaban J connectivity index is 2.56. The van der Waals surface area contributed by atoms with Crippen molar-refractivity contribution in [2.45, 2.75) is 0 Å². The SMILES string of the molecule is Nc1ccc2c3[nH]cccc-3c(O)c2c1. The molecular weight excluding hydrogens is 188 g/mol. The van der Waals surface area contributed by atoms with Gasteiger partial charge in [-0.1, -0.05) is 6.07 Å². The molecule has 0 amide bonds. The zero-order chi connectivity index (χ0) is 10.4. The molecule has 0 atom stereocenters. The zero-order valence-electron chi connectivity index (χ0n) is 7.99. The third-order valence-corrected chi connectivity index (χ3v) is 2.68. The van der Waals surface area contributed by atoms with Crippen molar-refractivity contribution in [2.24, 2.45) is 0 Å². The standard InChI is InChI=1S/C12H10N2O/c13-7-3-4-8-10(6-7)12(15)9-2-1-5-14-11(8)9/h1-6,14-15H,13H2. The third-order valence-electron chi connectivity index (χ3n) is 2.68. The van der Waals surface area contributed by atoms with Crippen LogP contribution in [0.3, 0.4) is 0 Å². The number of hydrogen-bond donors (Lipinski definition) is 3. The van der Waals surface area contributed by atoms with Crippen molar-refractivity contribution in [1.82, 2.24) is 4.98 Å². The Morgan fingerprint density at radius 2 is 2.00 bits per heavy atom. The van der Waals surface area contributed by atoms with Gasteiger partial charge in [-0.05, 0) is 24.3 Å². The van der Waals surface area contributed by atoms with Gasteiger partial charge in [0.1, 0.15) is 5.75 Å². The van der Waals surface area contributed by atoms with E-state index in [1.165, 1.54) is 0 Å². The van der Waals surface area contributed by atoms with Gasteiger partial charge in [-0.15, -0.1) is 0 Å². The number of pyridine rings is 1. The minimum absolute atomic E-state index is 0.296. The fraction of sp³-hybridized carbons (Fsp3) is 0. The maximum Gasteiger partial charge on any atom is 0.132 e. The summed E-state index contributed by atoms with van der Waals surface area (Å²) < 4.78 is 0. The predicted octanol–water partition coefficient (Wildman–Crippen LogP) is 2.56. The average Bonchev–Trinajstić information content (AvgIpc) is 2.54. The van der Waals surface area contributed by atoms with Crippen LogP contribution in [-0.2, 0) is 0 Å². The van der Waals surface area contributed by atoms with Crippen LogP contribution in [0, 0.1) is 0 Å². The number of benzene rings is 1. The number of aromatic nitrogens is 1. The van der Waals surface area contributed by atoms with E-state index in [4.69, 9.17) is 5.73 Å². The number of H-pyrrole nitrogens is 1. The Morgan fingerprint density at radius 1 is 1.13 bits per heavy atom. The molecule has 1 aromatic rings. The van der Waals surface area contributed by atoms with Crippen molar-refractivity contribution in [1.29, 1.82) is 0 Å². The zero-order valence-corrected chi connectivity index (χ0v) is 7.99. The van der Waals surface area contributed by atoms with Gasteiger partial charge in [-0.2, -0.15) is 0 Å². The molecule has 2 aliphatic rings. The summed E-state index contributed by atoms with van der Waals surface area (Å²) in [6.07, 6.45) is 1.84. The maximum absolute atomic E-state index is 10.00. The van der Waals surface area contributed by atoms with Gasteiger partial charge in [0.15, 0.2) is 0 Å². The van der Waals surface area contributed by atoms with E-state index in [0.29, 0.717) is 11.4 Å². The van der Waals surface area contributed by atoms with Crippen LogP contribution in [-0.4, -0.2) is 10.1 Å². The van der Waals surface area contributed by atoms with Gasteiger partial charge >= 0.3 is 0 Å².